The van der Waals surface area contributed by atoms with Crippen molar-refractivity contribution in [2.24, 2.45) is 0 Å². The highest BCUT2D eigenvalue weighted by molar-refractivity contribution is 7.90. The van der Waals surface area contributed by atoms with Crippen LogP contribution in [-0.2, 0) is 16.3 Å². The molecule has 0 fully saturated rings. The molecule has 1 rings (SSSR count). The molecule has 0 unspecified atom stereocenters. The molecule has 0 spiro atoms. The van der Waals surface area contributed by atoms with Gasteiger partial charge in [0.25, 0.3) is 0 Å². The maximum Gasteiger partial charge on any atom is 0.179 e. The highest BCUT2D eigenvalue weighted by Gasteiger charge is 2.18. The van der Waals surface area contributed by atoms with Crippen LogP contribution in [-0.4, -0.2) is 26.4 Å². The minimum absolute atomic E-state index is 0.145. The maximum absolute atomic E-state index is 13.4. The van der Waals surface area contributed by atoms with Gasteiger partial charge in [-0.05, 0) is 24.1 Å². The molecule has 1 aromatic rings. The number of hydrogen-bond donors (Lipinski definition) is 1. The third-order valence-electron chi connectivity index (χ3n) is 1.83. The van der Waals surface area contributed by atoms with E-state index in [4.69, 9.17) is 16.7 Å². The molecular weight excluding hydrogens is 243 g/mol. The van der Waals surface area contributed by atoms with E-state index in [0.29, 0.717) is 5.56 Å². The molecule has 0 saturated heterocycles. The Labute approximate surface area is 92.4 Å². The first-order valence-corrected chi connectivity index (χ1v) is 6.42. The number of sulfone groups is 1. The molecule has 0 atom stereocenters. The molecule has 3 nitrogen and oxygen atoms in total. The number of rotatable bonds is 3. The summed E-state index contributed by atoms with van der Waals surface area (Å²) < 4.78 is 35.7. The van der Waals surface area contributed by atoms with E-state index >= 15 is 0 Å². The third kappa shape index (κ3) is 2.90. The first kappa shape index (κ1) is 12.4. The predicted octanol–water partition coefficient (Wildman–Crippen LogP) is 1.42. The summed E-state index contributed by atoms with van der Waals surface area (Å²) in [7, 11) is -3.67. The Morgan fingerprint density at radius 3 is 2.47 bits per heavy atom. The Balaban J connectivity index is 3.34. The minimum Gasteiger partial charge on any atom is -0.396 e. The fraction of sp³-hybridized carbons (Fsp3) is 0.333. The molecule has 1 N–H and O–H groups in total. The van der Waals surface area contributed by atoms with Crippen molar-refractivity contribution >= 4 is 21.4 Å². The summed E-state index contributed by atoms with van der Waals surface area (Å²) in [4.78, 5) is -0.495. The van der Waals surface area contributed by atoms with Crippen molar-refractivity contribution in [2.75, 3.05) is 12.9 Å². The van der Waals surface area contributed by atoms with Crippen molar-refractivity contribution in [2.45, 2.75) is 11.3 Å². The SMILES string of the molecule is CS(=O)(=O)c1c(F)cc(CCO)cc1Cl. The number of hydrogen-bond acceptors (Lipinski definition) is 3. The van der Waals surface area contributed by atoms with Gasteiger partial charge >= 0.3 is 0 Å². The van der Waals surface area contributed by atoms with E-state index in [0.717, 1.165) is 12.3 Å². The zero-order valence-electron chi connectivity index (χ0n) is 8.00. The summed E-state index contributed by atoms with van der Waals surface area (Å²) in [5.41, 5.74) is 0.465. The summed E-state index contributed by atoms with van der Waals surface area (Å²) in [5, 5.41) is 8.49. The van der Waals surface area contributed by atoms with Gasteiger partial charge in [0, 0.05) is 12.9 Å². The van der Waals surface area contributed by atoms with Crippen molar-refractivity contribution in [3.63, 3.8) is 0 Å². The lowest BCUT2D eigenvalue weighted by atomic mass is 10.1. The second-order valence-electron chi connectivity index (χ2n) is 3.13. The quantitative estimate of drug-likeness (QED) is 0.885. The van der Waals surface area contributed by atoms with Gasteiger partial charge in [-0.1, -0.05) is 11.6 Å². The van der Waals surface area contributed by atoms with Crippen LogP contribution in [0.25, 0.3) is 0 Å². The molecule has 0 aliphatic rings. The number of halogens is 2. The van der Waals surface area contributed by atoms with Crippen molar-refractivity contribution in [3.05, 3.63) is 28.5 Å². The summed E-state index contributed by atoms with van der Waals surface area (Å²) in [6.07, 6.45) is 1.13. The molecule has 0 amide bonds. The Morgan fingerprint density at radius 1 is 1.47 bits per heavy atom. The first-order valence-electron chi connectivity index (χ1n) is 4.15. The van der Waals surface area contributed by atoms with Crippen LogP contribution in [0.2, 0.25) is 5.02 Å². The van der Waals surface area contributed by atoms with Crippen LogP contribution < -0.4 is 0 Å². The standard InChI is InChI=1S/C9H10ClFO3S/c1-15(13,14)9-7(10)4-6(2-3-12)5-8(9)11/h4-5,12H,2-3H2,1H3. The lowest BCUT2D eigenvalue weighted by Crippen LogP contribution is -2.03. The van der Waals surface area contributed by atoms with Crippen molar-refractivity contribution in [1.82, 2.24) is 0 Å². The first-order chi connectivity index (χ1) is 6.86. The highest BCUT2D eigenvalue weighted by Crippen LogP contribution is 2.26. The summed E-state index contributed by atoms with van der Waals surface area (Å²) in [6, 6.07) is 2.41. The summed E-state index contributed by atoms with van der Waals surface area (Å²) in [6.45, 7) is -0.145. The largest absolute Gasteiger partial charge is 0.396 e. The van der Waals surface area contributed by atoms with Gasteiger partial charge < -0.3 is 5.11 Å². The van der Waals surface area contributed by atoms with Crippen LogP contribution in [0, 0.1) is 5.82 Å². The van der Waals surface area contributed by atoms with E-state index < -0.39 is 20.5 Å². The molecule has 0 radical (unpaired) electrons. The lowest BCUT2D eigenvalue weighted by molar-refractivity contribution is 0.299. The van der Waals surface area contributed by atoms with E-state index in [-0.39, 0.29) is 18.1 Å². The molecule has 0 aliphatic heterocycles. The lowest BCUT2D eigenvalue weighted by Gasteiger charge is -2.06. The van der Waals surface area contributed by atoms with E-state index in [2.05, 4.69) is 0 Å². The van der Waals surface area contributed by atoms with Crippen LogP contribution in [0.3, 0.4) is 0 Å². The third-order valence-corrected chi connectivity index (χ3v) is 3.40. The predicted molar refractivity (Wildman–Crippen MR) is 55.3 cm³/mol. The molecular formula is C9H10ClFO3S. The molecule has 0 saturated carbocycles. The molecule has 0 bridgehead atoms. The highest BCUT2D eigenvalue weighted by atomic mass is 35.5. The number of benzene rings is 1. The van der Waals surface area contributed by atoms with Gasteiger partial charge in [-0.3, -0.25) is 0 Å². The second-order valence-corrected chi connectivity index (χ2v) is 5.49. The zero-order chi connectivity index (χ0) is 11.6. The van der Waals surface area contributed by atoms with Gasteiger partial charge in [-0.25, -0.2) is 12.8 Å². The Morgan fingerprint density at radius 2 is 2.07 bits per heavy atom. The van der Waals surface area contributed by atoms with Crippen molar-refractivity contribution in [3.8, 4) is 0 Å². The fourth-order valence-corrected chi connectivity index (χ4v) is 2.72. The van der Waals surface area contributed by atoms with Gasteiger partial charge in [-0.15, -0.1) is 0 Å². The minimum atomic E-state index is -3.67. The van der Waals surface area contributed by atoms with Crippen LogP contribution in [0.15, 0.2) is 17.0 Å². The molecule has 6 heteroatoms. The molecule has 0 aromatic heterocycles. The van der Waals surface area contributed by atoms with E-state index in [9.17, 15) is 12.8 Å². The van der Waals surface area contributed by atoms with Crippen LogP contribution >= 0.6 is 11.6 Å². The van der Waals surface area contributed by atoms with Crippen molar-refractivity contribution in [1.29, 1.82) is 0 Å². The van der Waals surface area contributed by atoms with E-state index in [1.807, 2.05) is 0 Å². The van der Waals surface area contributed by atoms with Crippen LogP contribution in [0.1, 0.15) is 5.56 Å². The number of aliphatic hydroxyl groups is 1. The van der Waals surface area contributed by atoms with Gasteiger partial charge in [0.05, 0.1) is 5.02 Å². The average molecular weight is 253 g/mol. The average Bonchev–Trinajstić information content (AvgIpc) is 1.99. The maximum atomic E-state index is 13.4. The Kier molecular flexibility index (Phi) is 3.70. The fourth-order valence-electron chi connectivity index (χ4n) is 1.24. The zero-order valence-corrected chi connectivity index (χ0v) is 9.57. The Bertz CT molecular complexity index is 447. The van der Waals surface area contributed by atoms with Crippen LogP contribution in [0.5, 0.6) is 0 Å². The summed E-state index contributed by atoms with van der Waals surface area (Å²) >= 11 is 5.65. The van der Waals surface area contributed by atoms with Gasteiger partial charge in [-0.2, -0.15) is 0 Å². The van der Waals surface area contributed by atoms with E-state index in [1.165, 1.54) is 6.07 Å². The molecule has 1 aromatic carbocycles. The molecule has 84 valence electrons. The molecule has 0 aliphatic carbocycles. The number of aliphatic hydroxyl groups excluding tert-OH is 1. The molecule has 0 heterocycles. The molecule has 15 heavy (non-hydrogen) atoms. The normalized spacial score (nSPS) is 11.7. The van der Waals surface area contributed by atoms with E-state index in [1.54, 1.807) is 0 Å². The second kappa shape index (κ2) is 4.47. The topological polar surface area (TPSA) is 54.4 Å². The van der Waals surface area contributed by atoms with Gasteiger partial charge in [0.15, 0.2) is 9.84 Å². The monoisotopic (exact) mass is 252 g/mol. The van der Waals surface area contributed by atoms with Crippen LogP contribution in [0.4, 0.5) is 4.39 Å². The smallest absolute Gasteiger partial charge is 0.179 e. The summed E-state index contributed by atoms with van der Waals surface area (Å²) in [5.74, 6) is -0.881. The van der Waals surface area contributed by atoms with Gasteiger partial charge in [0.2, 0.25) is 0 Å². The van der Waals surface area contributed by atoms with Crippen molar-refractivity contribution < 1.29 is 17.9 Å². The Hall–Kier alpha value is -0.650. The van der Waals surface area contributed by atoms with Gasteiger partial charge in [0.1, 0.15) is 10.7 Å².